The SMILES string of the molecule is CS(=O)(=O)c1ccc(NCCC2CCCN2)cc1. The van der Waals surface area contributed by atoms with E-state index < -0.39 is 9.84 Å². The molecule has 0 radical (unpaired) electrons. The highest BCUT2D eigenvalue weighted by molar-refractivity contribution is 7.90. The lowest BCUT2D eigenvalue weighted by molar-refractivity contribution is 0.574. The molecule has 1 aromatic rings. The molecule has 1 fully saturated rings. The summed E-state index contributed by atoms with van der Waals surface area (Å²) < 4.78 is 22.6. The second kappa shape index (κ2) is 5.71. The Labute approximate surface area is 109 Å². The van der Waals surface area contributed by atoms with E-state index in [9.17, 15) is 8.42 Å². The second-order valence-corrected chi connectivity index (χ2v) is 6.82. The van der Waals surface area contributed by atoms with Crippen LogP contribution in [0, 0.1) is 0 Å². The maximum Gasteiger partial charge on any atom is 0.175 e. The highest BCUT2D eigenvalue weighted by Gasteiger charge is 2.12. The Morgan fingerprint density at radius 2 is 2.06 bits per heavy atom. The first-order valence-corrected chi connectivity index (χ1v) is 8.22. The van der Waals surface area contributed by atoms with Crippen LogP contribution in [0.2, 0.25) is 0 Å². The number of anilines is 1. The first-order valence-electron chi connectivity index (χ1n) is 6.33. The maximum absolute atomic E-state index is 11.3. The van der Waals surface area contributed by atoms with Crippen molar-refractivity contribution in [1.82, 2.24) is 5.32 Å². The number of benzene rings is 1. The predicted octanol–water partition coefficient (Wildman–Crippen LogP) is 1.64. The van der Waals surface area contributed by atoms with Gasteiger partial charge in [-0.25, -0.2) is 8.42 Å². The molecular formula is C13H20N2O2S. The van der Waals surface area contributed by atoms with E-state index >= 15 is 0 Å². The molecule has 1 heterocycles. The van der Waals surface area contributed by atoms with Crippen LogP contribution in [0.25, 0.3) is 0 Å². The normalized spacial score (nSPS) is 19.9. The Morgan fingerprint density at radius 1 is 1.33 bits per heavy atom. The fourth-order valence-corrected chi connectivity index (χ4v) is 2.84. The Hall–Kier alpha value is -1.07. The van der Waals surface area contributed by atoms with E-state index in [2.05, 4.69) is 10.6 Å². The van der Waals surface area contributed by atoms with E-state index in [1.54, 1.807) is 12.1 Å². The highest BCUT2D eigenvalue weighted by atomic mass is 32.2. The third-order valence-electron chi connectivity index (χ3n) is 3.27. The van der Waals surface area contributed by atoms with Crippen LogP contribution in [0.15, 0.2) is 29.2 Å². The molecule has 0 amide bonds. The second-order valence-electron chi connectivity index (χ2n) is 4.81. The number of hydrogen-bond donors (Lipinski definition) is 2. The molecule has 100 valence electrons. The van der Waals surface area contributed by atoms with Gasteiger partial charge in [-0.05, 0) is 50.1 Å². The van der Waals surface area contributed by atoms with Crippen molar-refractivity contribution in [3.8, 4) is 0 Å². The molecule has 2 rings (SSSR count). The molecule has 1 aliphatic heterocycles. The Morgan fingerprint density at radius 3 is 2.61 bits per heavy atom. The molecule has 18 heavy (non-hydrogen) atoms. The lowest BCUT2D eigenvalue weighted by Gasteiger charge is -2.11. The zero-order valence-electron chi connectivity index (χ0n) is 10.6. The van der Waals surface area contributed by atoms with Gasteiger partial charge in [0.05, 0.1) is 4.90 Å². The number of sulfone groups is 1. The van der Waals surface area contributed by atoms with E-state index in [4.69, 9.17) is 0 Å². The van der Waals surface area contributed by atoms with Gasteiger partial charge in [0.15, 0.2) is 9.84 Å². The summed E-state index contributed by atoms with van der Waals surface area (Å²) in [7, 11) is -3.09. The number of rotatable bonds is 5. The molecule has 0 bridgehead atoms. The van der Waals surface area contributed by atoms with Crippen LogP contribution in [0.5, 0.6) is 0 Å². The molecule has 2 N–H and O–H groups in total. The first-order chi connectivity index (χ1) is 8.55. The quantitative estimate of drug-likeness (QED) is 0.852. The smallest absolute Gasteiger partial charge is 0.175 e. The van der Waals surface area contributed by atoms with Gasteiger partial charge in [0.25, 0.3) is 0 Å². The molecule has 1 aliphatic rings. The van der Waals surface area contributed by atoms with Crippen molar-refractivity contribution in [2.24, 2.45) is 0 Å². The Kier molecular flexibility index (Phi) is 4.24. The zero-order chi connectivity index (χ0) is 13.0. The summed E-state index contributed by atoms with van der Waals surface area (Å²) in [5, 5.41) is 6.77. The summed E-state index contributed by atoms with van der Waals surface area (Å²) in [5.74, 6) is 0. The molecule has 1 unspecified atom stereocenters. The monoisotopic (exact) mass is 268 g/mol. The van der Waals surface area contributed by atoms with Gasteiger partial charge in [0, 0.05) is 24.5 Å². The van der Waals surface area contributed by atoms with Gasteiger partial charge < -0.3 is 10.6 Å². The van der Waals surface area contributed by atoms with Gasteiger partial charge in [-0.15, -0.1) is 0 Å². The molecule has 5 heteroatoms. The third kappa shape index (κ3) is 3.71. The first kappa shape index (κ1) is 13.4. The van der Waals surface area contributed by atoms with Gasteiger partial charge in [-0.2, -0.15) is 0 Å². The molecule has 1 aromatic carbocycles. The molecule has 4 nitrogen and oxygen atoms in total. The van der Waals surface area contributed by atoms with Crippen LogP contribution in [0.4, 0.5) is 5.69 Å². The minimum absolute atomic E-state index is 0.366. The summed E-state index contributed by atoms with van der Waals surface area (Å²) in [4.78, 5) is 0.366. The fourth-order valence-electron chi connectivity index (χ4n) is 2.21. The lowest BCUT2D eigenvalue weighted by atomic mass is 10.1. The molecular weight excluding hydrogens is 248 g/mol. The Balaban J connectivity index is 1.83. The van der Waals surface area contributed by atoms with Crippen molar-refractivity contribution in [1.29, 1.82) is 0 Å². The van der Waals surface area contributed by atoms with Gasteiger partial charge in [-0.3, -0.25) is 0 Å². The van der Waals surface area contributed by atoms with Crippen LogP contribution < -0.4 is 10.6 Å². The predicted molar refractivity (Wildman–Crippen MR) is 73.7 cm³/mol. The van der Waals surface area contributed by atoms with Crippen molar-refractivity contribution < 1.29 is 8.42 Å². The minimum atomic E-state index is -3.09. The summed E-state index contributed by atoms with van der Waals surface area (Å²) in [6, 6.07) is 7.56. The van der Waals surface area contributed by atoms with Crippen LogP contribution >= 0.6 is 0 Å². The van der Waals surface area contributed by atoms with Gasteiger partial charge in [0.1, 0.15) is 0 Å². The van der Waals surface area contributed by atoms with Crippen LogP contribution in [0.3, 0.4) is 0 Å². The lowest BCUT2D eigenvalue weighted by Crippen LogP contribution is -2.24. The van der Waals surface area contributed by atoms with Gasteiger partial charge in [0.2, 0.25) is 0 Å². The van der Waals surface area contributed by atoms with Crippen molar-refractivity contribution in [2.75, 3.05) is 24.7 Å². The standard InChI is InChI=1S/C13H20N2O2S/c1-18(16,17)13-6-4-12(5-7-13)15-10-8-11-3-2-9-14-11/h4-7,11,14-15H,2-3,8-10H2,1H3. The molecule has 0 spiro atoms. The van der Waals surface area contributed by atoms with Gasteiger partial charge >= 0.3 is 0 Å². The Bertz CT molecular complexity index is 476. The average Bonchev–Trinajstić information content (AvgIpc) is 2.82. The van der Waals surface area contributed by atoms with Crippen molar-refractivity contribution in [3.05, 3.63) is 24.3 Å². The summed E-state index contributed by atoms with van der Waals surface area (Å²) in [6.07, 6.45) is 4.86. The van der Waals surface area contributed by atoms with E-state index in [-0.39, 0.29) is 0 Å². The van der Waals surface area contributed by atoms with E-state index in [1.165, 1.54) is 19.1 Å². The van der Waals surface area contributed by atoms with E-state index in [0.29, 0.717) is 10.9 Å². The van der Waals surface area contributed by atoms with E-state index in [0.717, 1.165) is 25.2 Å². The van der Waals surface area contributed by atoms with Crippen LogP contribution in [0.1, 0.15) is 19.3 Å². The van der Waals surface area contributed by atoms with Crippen molar-refractivity contribution >= 4 is 15.5 Å². The van der Waals surface area contributed by atoms with Crippen LogP contribution in [-0.4, -0.2) is 33.8 Å². The average molecular weight is 268 g/mol. The topological polar surface area (TPSA) is 58.2 Å². The van der Waals surface area contributed by atoms with Crippen molar-refractivity contribution in [2.45, 2.75) is 30.2 Å². The molecule has 0 saturated carbocycles. The summed E-state index contributed by atoms with van der Waals surface area (Å²) in [5.41, 5.74) is 0.973. The molecule has 1 saturated heterocycles. The third-order valence-corrected chi connectivity index (χ3v) is 4.40. The summed E-state index contributed by atoms with van der Waals surface area (Å²) >= 11 is 0. The fraction of sp³-hybridized carbons (Fsp3) is 0.538. The largest absolute Gasteiger partial charge is 0.385 e. The zero-order valence-corrected chi connectivity index (χ0v) is 11.5. The number of hydrogen-bond acceptors (Lipinski definition) is 4. The highest BCUT2D eigenvalue weighted by Crippen LogP contribution is 2.14. The maximum atomic E-state index is 11.3. The summed E-state index contributed by atoms with van der Waals surface area (Å²) in [6.45, 7) is 2.05. The van der Waals surface area contributed by atoms with E-state index in [1.807, 2.05) is 12.1 Å². The van der Waals surface area contributed by atoms with Crippen molar-refractivity contribution in [3.63, 3.8) is 0 Å². The molecule has 0 aliphatic carbocycles. The van der Waals surface area contributed by atoms with Gasteiger partial charge in [-0.1, -0.05) is 0 Å². The number of nitrogens with one attached hydrogen (secondary N) is 2. The molecule has 0 aromatic heterocycles. The van der Waals surface area contributed by atoms with Crippen LogP contribution in [-0.2, 0) is 9.84 Å². The minimum Gasteiger partial charge on any atom is -0.385 e. The molecule has 1 atom stereocenters.